The largest absolute Gasteiger partial charge is 0.352 e. The Bertz CT molecular complexity index is 821. The van der Waals surface area contributed by atoms with Crippen LogP contribution in [-0.2, 0) is 13.0 Å². The van der Waals surface area contributed by atoms with Crippen molar-refractivity contribution in [1.82, 2.24) is 10.3 Å². The van der Waals surface area contributed by atoms with Crippen LogP contribution in [0, 0.1) is 17.1 Å². The molecule has 2 aliphatic rings. The second-order valence-electron chi connectivity index (χ2n) is 6.82. The Hall–Kier alpha value is -2.45. The van der Waals surface area contributed by atoms with E-state index in [4.69, 9.17) is 10.2 Å². The van der Waals surface area contributed by atoms with Crippen LogP contribution in [0.5, 0.6) is 0 Å². The van der Waals surface area contributed by atoms with Crippen LogP contribution in [0.4, 0.5) is 10.2 Å². The average Bonchev–Trinajstić information content (AvgIpc) is 2.68. The lowest BCUT2D eigenvalue weighted by atomic mass is 9.94. The summed E-state index contributed by atoms with van der Waals surface area (Å²) < 4.78 is 14.4. The summed E-state index contributed by atoms with van der Waals surface area (Å²) in [7, 11) is 0. The van der Waals surface area contributed by atoms with Gasteiger partial charge in [-0.2, -0.15) is 5.26 Å². The molecule has 0 unspecified atom stereocenters. The zero-order chi connectivity index (χ0) is 17.2. The smallest absolute Gasteiger partial charge is 0.129 e. The lowest BCUT2D eigenvalue weighted by molar-refractivity contribution is 0.453. The average molecular weight is 336 g/mol. The van der Waals surface area contributed by atoms with Gasteiger partial charge in [0.2, 0.25) is 0 Å². The Morgan fingerprint density at radius 2 is 2.08 bits per heavy atom. The molecule has 4 rings (SSSR count). The van der Waals surface area contributed by atoms with Crippen molar-refractivity contribution in [1.29, 1.82) is 5.26 Å². The Labute approximate surface area is 147 Å². The molecule has 0 aliphatic carbocycles. The first-order chi connectivity index (χ1) is 12.2. The van der Waals surface area contributed by atoms with Crippen LogP contribution in [0.25, 0.3) is 0 Å². The maximum Gasteiger partial charge on any atom is 0.129 e. The first-order valence-corrected chi connectivity index (χ1v) is 8.88. The highest BCUT2D eigenvalue weighted by Gasteiger charge is 2.23. The van der Waals surface area contributed by atoms with Crippen molar-refractivity contribution in [3.05, 3.63) is 58.5 Å². The summed E-state index contributed by atoms with van der Waals surface area (Å²) >= 11 is 0. The minimum atomic E-state index is -0.284. The number of anilines is 1. The van der Waals surface area contributed by atoms with Crippen LogP contribution in [0.3, 0.4) is 0 Å². The van der Waals surface area contributed by atoms with Gasteiger partial charge in [0, 0.05) is 30.3 Å². The zero-order valence-corrected chi connectivity index (χ0v) is 14.1. The molecular formula is C20H21FN4. The molecule has 1 fully saturated rings. The number of piperidine rings is 1. The first kappa shape index (κ1) is 16.0. The number of hydrogen-bond donors (Lipinski definition) is 1. The third-order valence-electron chi connectivity index (χ3n) is 5.25. The number of aromatic nitrogens is 1. The molecule has 0 bridgehead atoms. The molecule has 25 heavy (non-hydrogen) atoms. The molecule has 0 saturated carbocycles. The summed E-state index contributed by atoms with van der Waals surface area (Å²) in [5, 5.41) is 12.4. The number of rotatable bonds is 2. The summed E-state index contributed by atoms with van der Waals surface area (Å²) in [5.41, 5.74) is 3.18. The molecule has 0 spiro atoms. The summed E-state index contributed by atoms with van der Waals surface area (Å²) in [6, 6.07) is 11.4. The minimum absolute atomic E-state index is 0.284. The third-order valence-corrected chi connectivity index (χ3v) is 5.25. The van der Waals surface area contributed by atoms with Gasteiger partial charge in [-0.3, -0.25) is 0 Å². The van der Waals surface area contributed by atoms with Gasteiger partial charge in [0.15, 0.2) is 0 Å². The second-order valence-corrected chi connectivity index (χ2v) is 6.82. The van der Waals surface area contributed by atoms with Crippen LogP contribution in [0.15, 0.2) is 30.3 Å². The predicted octanol–water partition coefficient (Wildman–Crippen LogP) is 3.12. The maximum absolute atomic E-state index is 14.4. The Morgan fingerprint density at radius 3 is 2.88 bits per heavy atom. The van der Waals surface area contributed by atoms with Crippen LogP contribution < -0.4 is 10.2 Å². The summed E-state index contributed by atoms with van der Waals surface area (Å²) in [4.78, 5) is 7.02. The molecule has 1 aromatic carbocycles. The molecule has 0 atom stereocenters. The second kappa shape index (κ2) is 6.81. The normalized spacial score (nSPS) is 17.8. The molecule has 1 aromatic heterocycles. The van der Waals surface area contributed by atoms with Crippen LogP contribution in [0.2, 0.25) is 0 Å². The van der Waals surface area contributed by atoms with E-state index in [1.54, 1.807) is 0 Å². The van der Waals surface area contributed by atoms with Crippen LogP contribution in [0.1, 0.15) is 41.1 Å². The molecular weight excluding hydrogens is 315 g/mol. The van der Waals surface area contributed by atoms with Crippen molar-refractivity contribution in [2.75, 3.05) is 24.5 Å². The fraction of sp³-hybridized carbons (Fsp3) is 0.400. The van der Waals surface area contributed by atoms with Gasteiger partial charge in [-0.1, -0.05) is 6.07 Å². The van der Waals surface area contributed by atoms with Crippen molar-refractivity contribution in [2.45, 2.75) is 31.7 Å². The lowest BCUT2D eigenvalue weighted by Crippen LogP contribution is -2.32. The van der Waals surface area contributed by atoms with Crippen molar-refractivity contribution in [2.24, 2.45) is 0 Å². The van der Waals surface area contributed by atoms with E-state index >= 15 is 0 Å². The fourth-order valence-corrected chi connectivity index (χ4v) is 3.84. The van der Waals surface area contributed by atoms with Crippen LogP contribution >= 0.6 is 0 Å². The van der Waals surface area contributed by atoms with E-state index in [0.29, 0.717) is 23.6 Å². The maximum atomic E-state index is 14.4. The Morgan fingerprint density at radius 1 is 1.24 bits per heavy atom. The summed E-state index contributed by atoms with van der Waals surface area (Å²) in [6.45, 7) is 3.39. The molecule has 1 N–H and O–H groups in total. The summed E-state index contributed by atoms with van der Waals surface area (Å²) in [5.74, 6) is 1.15. The highest BCUT2D eigenvalue weighted by atomic mass is 19.1. The van der Waals surface area contributed by atoms with E-state index in [1.165, 1.54) is 6.07 Å². The van der Waals surface area contributed by atoms with Gasteiger partial charge in [-0.15, -0.1) is 0 Å². The molecule has 0 radical (unpaired) electrons. The number of nitriles is 1. The minimum Gasteiger partial charge on any atom is -0.352 e. The van der Waals surface area contributed by atoms with Gasteiger partial charge in [0.1, 0.15) is 11.6 Å². The number of hydrogen-bond acceptors (Lipinski definition) is 4. The molecule has 0 amide bonds. The molecule has 2 aliphatic heterocycles. The van der Waals surface area contributed by atoms with Gasteiger partial charge in [-0.05, 0) is 62.2 Å². The first-order valence-electron chi connectivity index (χ1n) is 8.88. The number of nitrogens with zero attached hydrogens (tertiary/aromatic N) is 3. The fourth-order valence-electron chi connectivity index (χ4n) is 3.84. The van der Waals surface area contributed by atoms with E-state index in [-0.39, 0.29) is 5.82 Å². The molecule has 1 saturated heterocycles. The molecule has 3 heterocycles. The molecule has 2 aromatic rings. The number of pyridine rings is 1. The van der Waals surface area contributed by atoms with Crippen molar-refractivity contribution < 1.29 is 4.39 Å². The topological polar surface area (TPSA) is 52.0 Å². The van der Waals surface area contributed by atoms with Gasteiger partial charge in [0.25, 0.3) is 0 Å². The number of fused-ring (bicyclic) bond motifs is 1. The van der Waals surface area contributed by atoms with Crippen molar-refractivity contribution >= 4 is 5.82 Å². The Balaban J connectivity index is 1.58. The van der Waals surface area contributed by atoms with E-state index in [1.807, 2.05) is 18.2 Å². The van der Waals surface area contributed by atoms with Crippen molar-refractivity contribution in [3.8, 4) is 6.07 Å². The third kappa shape index (κ3) is 3.22. The zero-order valence-electron chi connectivity index (χ0n) is 14.1. The summed E-state index contributed by atoms with van der Waals surface area (Å²) in [6.07, 6.45) is 2.97. The van der Waals surface area contributed by atoms with E-state index in [9.17, 15) is 4.39 Å². The monoisotopic (exact) mass is 336 g/mol. The standard InChI is InChI=1S/C20H21FN4/c21-18-11-14(12-22)10-16-6-9-25(13-17(16)18)20-3-1-2-19(24-20)15-4-7-23-8-5-15/h1-3,10-11,15,23H,4-9,13H2. The molecule has 4 nitrogen and oxygen atoms in total. The lowest BCUT2D eigenvalue weighted by Gasteiger charge is -2.31. The van der Waals surface area contributed by atoms with Crippen molar-refractivity contribution in [3.63, 3.8) is 0 Å². The number of benzene rings is 1. The van der Waals surface area contributed by atoms with E-state index in [2.05, 4.69) is 22.3 Å². The quantitative estimate of drug-likeness (QED) is 0.915. The van der Waals surface area contributed by atoms with E-state index in [0.717, 1.165) is 56.0 Å². The van der Waals surface area contributed by atoms with Gasteiger partial charge in [0.05, 0.1) is 11.6 Å². The van der Waals surface area contributed by atoms with Gasteiger partial charge >= 0.3 is 0 Å². The molecule has 128 valence electrons. The van der Waals surface area contributed by atoms with Gasteiger partial charge in [-0.25, -0.2) is 9.37 Å². The predicted molar refractivity (Wildman–Crippen MR) is 95.0 cm³/mol. The SMILES string of the molecule is N#Cc1cc(F)c2c(c1)CCN(c1cccc(C3CCNCC3)n1)C2. The number of halogens is 1. The van der Waals surface area contributed by atoms with Gasteiger partial charge < -0.3 is 10.2 Å². The molecule has 5 heteroatoms. The highest BCUT2D eigenvalue weighted by molar-refractivity contribution is 5.47. The van der Waals surface area contributed by atoms with Crippen LogP contribution in [-0.4, -0.2) is 24.6 Å². The van der Waals surface area contributed by atoms with E-state index < -0.39 is 0 Å². The Kier molecular flexibility index (Phi) is 4.37. The highest BCUT2D eigenvalue weighted by Crippen LogP contribution is 2.29. The number of nitrogens with one attached hydrogen (secondary N) is 1.